The Labute approximate surface area is 351 Å². The van der Waals surface area contributed by atoms with E-state index in [1.165, 1.54) is 24.3 Å². The summed E-state index contributed by atoms with van der Waals surface area (Å²) in [4.78, 5) is 0. The number of nitrogens with zero attached hydrogens (tertiary/aromatic N) is 2. The molecule has 2 heterocycles. The first kappa shape index (κ1) is 37.9. The van der Waals surface area contributed by atoms with E-state index in [-0.39, 0.29) is 24.7 Å². The van der Waals surface area contributed by atoms with E-state index in [1.807, 2.05) is 91.2 Å². The minimum absolute atomic E-state index is 0.00368. The molecule has 10 rings (SSSR count). The first-order chi connectivity index (χ1) is 29.7. The highest BCUT2D eigenvalue weighted by Crippen LogP contribution is 2.45. The number of fused-ring (bicyclic) bond motifs is 6. The third-order valence-corrected chi connectivity index (χ3v) is 11.6. The molecule has 0 bridgehead atoms. The van der Waals surface area contributed by atoms with Crippen LogP contribution in [0.1, 0.15) is 35.2 Å². The molecule has 0 atom stereocenters. The zero-order chi connectivity index (χ0) is 41.8. The molecule has 0 amide bonds. The normalized spacial score (nSPS) is 12.4. The lowest BCUT2D eigenvalue weighted by Crippen LogP contribution is -2.07. The molecule has 6 nitrogen and oxygen atoms in total. The highest BCUT2D eigenvalue weighted by atomic mass is 19.1. The monoisotopic (exact) mass is 808 g/mol. The molecule has 61 heavy (non-hydrogen) atoms. The van der Waals surface area contributed by atoms with Crippen LogP contribution in [0.5, 0.6) is 23.0 Å². The molecule has 9 aromatic rings. The Kier molecular flexibility index (Phi) is 9.55. The second kappa shape index (κ2) is 15.4. The van der Waals surface area contributed by atoms with Crippen LogP contribution in [0.25, 0.3) is 72.4 Å². The number of para-hydroxylation sites is 3. The molecule has 0 saturated carbocycles. The van der Waals surface area contributed by atoms with Gasteiger partial charge in [0.25, 0.3) is 0 Å². The SMILES string of the molecule is Cc1cc(-c2cc(F)ccc2OCCCOc2ccc(F)cc2-c2cc(C)cc(-n3c4ccccc4c4ccccc43)c2O)c(O)c(-n2c3c(c4ccccc42)C=CCC3)c1. The van der Waals surface area contributed by atoms with Gasteiger partial charge in [0, 0.05) is 56.1 Å². The molecule has 0 fully saturated rings. The van der Waals surface area contributed by atoms with Crippen LogP contribution in [-0.2, 0) is 6.42 Å². The van der Waals surface area contributed by atoms with E-state index in [4.69, 9.17) is 9.47 Å². The fourth-order valence-electron chi connectivity index (χ4n) is 9.00. The highest BCUT2D eigenvalue weighted by molar-refractivity contribution is 6.09. The van der Waals surface area contributed by atoms with Crippen LogP contribution in [0.3, 0.4) is 0 Å². The maximum Gasteiger partial charge on any atom is 0.147 e. The molecule has 1 aliphatic rings. The number of rotatable bonds is 10. The van der Waals surface area contributed by atoms with Crippen molar-refractivity contribution in [1.29, 1.82) is 0 Å². The number of halogens is 2. The highest BCUT2D eigenvalue weighted by Gasteiger charge is 2.24. The van der Waals surface area contributed by atoms with Crippen LogP contribution in [-0.4, -0.2) is 32.6 Å². The topological polar surface area (TPSA) is 68.8 Å². The Balaban J connectivity index is 0.919. The number of ether oxygens (including phenoxy) is 2. The van der Waals surface area contributed by atoms with Gasteiger partial charge < -0.3 is 28.8 Å². The molecule has 0 saturated heterocycles. The summed E-state index contributed by atoms with van der Waals surface area (Å²) in [6.45, 7) is 4.34. The summed E-state index contributed by atoms with van der Waals surface area (Å²) in [5.41, 5.74) is 9.91. The summed E-state index contributed by atoms with van der Waals surface area (Å²) in [6, 6.07) is 40.5. The molecule has 0 radical (unpaired) electrons. The number of hydrogen-bond donors (Lipinski definition) is 2. The lowest BCUT2D eigenvalue weighted by molar-refractivity contribution is 0.248. The number of aromatic hydroxyl groups is 2. The van der Waals surface area contributed by atoms with Gasteiger partial charge in [-0.2, -0.15) is 0 Å². The number of aryl methyl sites for hydroxylation is 2. The van der Waals surface area contributed by atoms with Crippen molar-refractivity contribution in [2.24, 2.45) is 0 Å². The number of hydrogen-bond acceptors (Lipinski definition) is 4. The van der Waals surface area contributed by atoms with E-state index < -0.39 is 11.6 Å². The van der Waals surface area contributed by atoms with Crippen molar-refractivity contribution < 1.29 is 28.5 Å². The molecule has 0 unspecified atom stereocenters. The molecule has 8 heteroatoms. The van der Waals surface area contributed by atoms with Gasteiger partial charge in [0.2, 0.25) is 0 Å². The predicted molar refractivity (Wildman–Crippen MR) is 241 cm³/mol. The largest absolute Gasteiger partial charge is 0.505 e. The van der Waals surface area contributed by atoms with E-state index in [1.54, 1.807) is 12.1 Å². The summed E-state index contributed by atoms with van der Waals surface area (Å²) in [6.07, 6.45) is 6.49. The molecule has 1 aliphatic carbocycles. The van der Waals surface area contributed by atoms with Crippen LogP contribution in [0.2, 0.25) is 0 Å². The summed E-state index contributed by atoms with van der Waals surface area (Å²) < 4.78 is 46.7. The van der Waals surface area contributed by atoms with Crippen molar-refractivity contribution in [1.82, 2.24) is 9.13 Å². The Morgan fingerprint density at radius 1 is 0.541 bits per heavy atom. The van der Waals surface area contributed by atoms with Crippen LogP contribution in [0.15, 0.2) is 140 Å². The van der Waals surface area contributed by atoms with Crippen LogP contribution >= 0.6 is 0 Å². The first-order valence-electron chi connectivity index (χ1n) is 20.6. The van der Waals surface area contributed by atoms with Crippen LogP contribution in [0.4, 0.5) is 8.78 Å². The van der Waals surface area contributed by atoms with Crippen LogP contribution < -0.4 is 9.47 Å². The van der Waals surface area contributed by atoms with Gasteiger partial charge in [-0.05, 0) is 117 Å². The van der Waals surface area contributed by atoms with E-state index in [9.17, 15) is 19.0 Å². The number of benzene rings is 7. The predicted octanol–water partition coefficient (Wildman–Crippen LogP) is 13.2. The molecule has 2 aromatic heterocycles. The van der Waals surface area contributed by atoms with Gasteiger partial charge in [0.1, 0.15) is 34.6 Å². The van der Waals surface area contributed by atoms with Gasteiger partial charge in [-0.25, -0.2) is 8.78 Å². The molecule has 2 N–H and O–H groups in total. The maximum absolute atomic E-state index is 15.0. The summed E-state index contributed by atoms with van der Waals surface area (Å²) in [5.74, 6) is -0.0496. The molecule has 0 aliphatic heterocycles. The quantitative estimate of drug-likeness (QED) is 0.135. The Morgan fingerprint density at radius 2 is 1.02 bits per heavy atom. The van der Waals surface area contributed by atoms with Gasteiger partial charge >= 0.3 is 0 Å². The van der Waals surface area contributed by atoms with Crippen molar-refractivity contribution in [3.05, 3.63) is 174 Å². The molecular formula is C53H42F2N2O4. The zero-order valence-corrected chi connectivity index (χ0v) is 33.8. The third kappa shape index (κ3) is 6.65. The van der Waals surface area contributed by atoms with Gasteiger partial charge in [0.05, 0.1) is 41.1 Å². The number of phenols is 2. The molecule has 302 valence electrons. The van der Waals surface area contributed by atoms with E-state index in [0.29, 0.717) is 51.5 Å². The third-order valence-electron chi connectivity index (χ3n) is 11.6. The average Bonchev–Trinajstić information content (AvgIpc) is 3.79. The van der Waals surface area contributed by atoms with Gasteiger partial charge in [-0.3, -0.25) is 0 Å². The lowest BCUT2D eigenvalue weighted by atomic mass is 9.99. The standard InChI is InChI=1S/C53H42F2N2O4/c1-32-26-42(52(58)48(28-32)56-44-16-7-3-12-36(44)37-13-4-8-17-45(37)56)40-30-34(54)20-22-50(40)60-24-11-25-61-51-23-21-35(55)31-41(51)43-27-33(2)29-49(53(43)59)57-46-18-9-5-14-38(46)39-15-6-10-19-47(39)57/h3-9,12-18,20-23,26-31,58-59H,10-11,19,24-25H2,1-2H3. The lowest BCUT2D eigenvalue weighted by Gasteiger charge is -2.19. The summed E-state index contributed by atoms with van der Waals surface area (Å²) >= 11 is 0. The zero-order valence-electron chi connectivity index (χ0n) is 33.8. The van der Waals surface area contributed by atoms with E-state index >= 15 is 0 Å². The van der Waals surface area contributed by atoms with E-state index in [0.717, 1.165) is 67.9 Å². The second-order valence-electron chi connectivity index (χ2n) is 15.7. The van der Waals surface area contributed by atoms with Gasteiger partial charge in [0.15, 0.2) is 0 Å². The van der Waals surface area contributed by atoms with Crippen LogP contribution in [0, 0.1) is 25.5 Å². The van der Waals surface area contributed by atoms with Crippen molar-refractivity contribution in [3.63, 3.8) is 0 Å². The Morgan fingerprint density at radius 3 is 1.56 bits per heavy atom. The number of aromatic nitrogens is 2. The van der Waals surface area contributed by atoms with Crippen molar-refractivity contribution in [3.8, 4) is 56.6 Å². The summed E-state index contributed by atoms with van der Waals surface area (Å²) in [7, 11) is 0. The van der Waals surface area contributed by atoms with Crippen molar-refractivity contribution in [2.45, 2.75) is 33.1 Å². The van der Waals surface area contributed by atoms with E-state index in [2.05, 4.69) is 41.0 Å². The Bertz CT molecular complexity index is 3160. The minimum atomic E-state index is -0.460. The fraction of sp³-hybridized carbons (Fsp3) is 0.132. The first-order valence-corrected chi connectivity index (χ1v) is 20.6. The number of phenolic OH excluding ortho intramolecular Hbond substituents is 2. The smallest absolute Gasteiger partial charge is 0.147 e. The van der Waals surface area contributed by atoms with Crippen molar-refractivity contribution >= 4 is 38.8 Å². The summed E-state index contributed by atoms with van der Waals surface area (Å²) in [5, 5.41) is 27.2. The maximum atomic E-state index is 15.0. The minimum Gasteiger partial charge on any atom is -0.505 e. The number of allylic oxidation sites excluding steroid dienone is 1. The van der Waals surface area contributed by atoms with Gasteiger partial charge in [-0.15, -0.1) is 0 Å². The Hall–Kier alpha value is -7.32. The fourth-order valence-corrected chi connectivity index (χ4v) is 9.00. The molecule has 7 aromatic carbocycles. The molecule has 0 spiro atoms. The second-order valence-corrected chi connectivity index (χ2v) is 15.7. The molecular weight excluding hydrogens is 767 g/mol. The van der Waals surface area contributed by atoms with Gasteiger partial charge in [-0.1, -0.05) is 66.7 Å². The average molecular weight is 809 g/mol. The van der Waals surface area contributed by atoms with Crippen molar-refractivity contribution in [2.75, 3.05) is 13.2 Å².